The van der Waals surface area contributed by atoms with E-state index in [4.69, 9.17) is 4.52 Å². The maximum atomic E-state index is 5.41. The van der Waals surface area contributed by atoms with Crippen molar-refractivity contribution in [3.63, 3.8) is 0 Å². The molecule has 25 heavy (non-hydrogen) atoms. The van der Waals surface area contributed by atoms with Crippen LogP contribution in [0, 0.1) is 0 Å². The van der Waals surface area contributed by atoms with E-state index in [9.17, 15) is 0 Å². The fourth-order valence-corrected chi connectivity index (χ4v) is 3.14. The molecule has 4 rings (SSSR count). The molecule has 0 spiro atoms. The Morgan fingerprint density at radius 3 is 2.80 bits per heavy atom. The first-order valence-corrected chi connectivity index (χ1v) is 8.53. The fourth-order valence-electron chi connectivity index (χ4n) is 3.14. The molecule has 7 nitrogen and oxygen atoms in total. The summed E-state index contributed by atoms with van der Waals surface area (Å²) in [6.45, 7) is 2.94. The van der Waals surface area contributed by atoms with Crippen molar-refractivity contribution >= 4 is 0 Å². The minimum atomic E-state index is 0.445. The number of benzene rings is 1. The summed E-state index contributed by atoms with van der Waals surface area (Å²) in [5.41, 5.74) is 4.01. The van der Waals surface area contributed by atoms with Crippen LogP contribution in [-0.4, -0.2) is 52.4 Å². The van der Waals surface area contributed by atoms with Crippen molar-refractivity contribution in [3.05, 3.63) is 41.6 Å². The summed E-state index contributed by atoms with van der Waals surface area (Å²) in [5, 5.41) is 14.9. The molecule has 7 heteroatoms. The van der Waals surface area contributed by atoms with Gasteiger partial charge in [-0.3, -0.25) is 5.10 Å². The Labute approximate surface area is 146 Å². The smallest absolute Gasteiger partial charge is 0.278 e. The highest BCUT2D eigenvalue weighted by atomic mass is 16.5. The third kappa shape index (κ3) is 3.47. The molecule has 130 valence electrons. The molecule has 1 saturated heterocycles. The third-order valence-electron chi connectivity index (χ3n) is 4.45. The number of aromatic amines is 1. The van der Waals surface area contributed by atoms with E-state index in [0.29, 0.717) is 23.3 Å². The molecule has 0 amide bonds. The van der Waals surface area contributed by atoms with Crippen molar-refractivity contribution < 1.29 is 4.52 Å². The lowest BCUT2D eigenvalue weighted by atomic mass is 10.1. The van der Waals surface area contributed by atoms with E-state index in [0.717, 1.165) is 37.3 Å². The van der Waals surface area contributed by atoms with Crippen molar-refractivity contribution in [2.24, 2.45) is 0 Å². The van der Waals surface area contributed by atoms with E-state index in [-0.39, 0.29) is 0 Å². The van der Waals surface area contributed by atoms with E-state index in [2.05, 4.69) is 56.8 Å². The van der Waals surface area contributed by atoms with Crippen LogP contribution >= 0.6 is 0 Å². The highest BCUT2D eigenvalue weighted by molar-refractivity contribution is 5.58. The summed E-state index contributed by atoms with van der Waals surface area (Å²) in [6.07, 6.45) is 1.12. The van der Waals surface area contributed by atoms with Crippen LogP contribution in [0.15, 0.2) is 34.9 Å². The Balaban J connectivity index is 1.52. The number of aromatic nitrogens is 4. The van der Waals surface area contributed by atoms with Gasteiger partial charge in [-0.15, -0.1) is 0 Å². The fraction of sp³-hybridized carbons (Fsp3) is 0.389. The van der Waals surface area contributed by atoms with E-state index in [1.54, 1.807) is 0 Å². The van der Waals surface area contributed by atoms with Gasteiger partial charge in [-0.1, -0.05) is 29.4 Å². The molecule has 0 radical (unpaired) electrons. The van der Waals surface area contributed by atoms with E-state index in [1.165, 1.54) is 5.56 Å². The van der Waals surface area contributed by atoms with Crippen LogP contribution in [0.5, 0.6) is 0 Å². The van der Waals surface area contributed by atoms with Crippen LogP contribution in [-0.2, 0) is 6.54 Å². The number of hydrogen-bond donors (Lipinski definition) is 2. The standard InChI is InChI=1S/C18H22N6O/c1-24(2)11-12-3-5-13(6-4-12)17-20-18(25-23-17)16-9-15(21-22-16)14-7-8-19-10-14/h3-6,9,14,19H,7-8,10-11H2,1-2H3,(H,21,22). The van der Waals surface area contributed by atoms with Crippen molar-refractivity contribution in [2.75, 3.05) is 27.2 Å². The van der Waals surface area contributed by atoms with E-state index >= 15 is 0 Å². The molecule has 1 fully saturated rings. The molecule has 1 unspecified atom stereocenters. The second kappa shape index (κ2) is 6.78. The molecular formula is C18H22N6O. The first-order valence-electron chi connectivity index (χ1n) is 8.53. The first kappa shape index (κ1) is 16.0. The highest BCUT2D eigenvalue weighted by Gasteiger charge is 2.21. The zero-order valence-electron chi connectivity index (χ0n) is 14.5. The SMILES string of the molecule is CN(C)Cc1ccc(-c2noc(-c3cc(C4CCNC4)[nH]n3)n2)cc1. The number of nitrogens with zero attached hydrogens (tertiary/aromatic N) is 4. The average Bonchev–Trinajstić information content (AvgIpc) is 3.34. The molecule has 1 aliphatic rings. The number of rotatable bonds is 5. The minimum absolute atomic E-state index is 0.445. The lowest BCUT2D eigenvalue weighted by Gasteiger charge is -2.09. The molecule has 3 aromatic rings. The molecule has 2 aromatic heterocycles. The summed E-state index contributed by atoms with van der Waals surface area (Å²) < 4.78 is 5.41. The van der Waals surface area contributed by atoms with Gasteiger partial charge in [0.2, 0.25) is 5.82 Å². The lowest BCUT2D eigenvalue weighted by molar-refractivity contribution is 0.402. The van der Waals surface area contributed by atoms with E-state index in [1.807, 2.05) is 18.2 Å². The summed E-state index contributed by atoms with van der Waals surface area (Å²) in [6, 6.07) is 10.2. The molecule has 2 N–H and O–H groups in total. The van der Waals surface area contributed by atoms with Gasteiger partial charge in [-0.05, 0) is 38.7 Å². The molecule has 1 aromatic carbocycles. The Bertz CT molecular complexity index is 829. The molecule has 3 heterocycles. The zero-order chi connectivity index (χ0) is 17.2. The van der Waals surface area contributed by atoms with Gasteiger partial charge < -0.3 is 14.7 Å². The van der Waals surface area contributed by atoms with Crippen LogP contribution in [0.2, 0.25) is 0 Å². The van der Waals surface area contributed by atoms with Crippen molar-refractivity contribution in [2.45, 2.75) is 18.9 Å². The van der Waals surface area contributed by atoms with Crippen LogP contribution in [0.4, 0.5) is 0 Å². The number of H-pyrrole nitrogens is 1. The van der Waals surface area contributed by atoms with Gasteiger partial charge in [0.25, 0.3) is 5.89 Å². The topological polar surface area (TPSA) is 82.9 Å². The molecule has 1 atom stereocenters. The summed E-state index contributed by atoms with van der Waals surface area (Å²) in [4.78, 5) is 6.63. The van der Waals surface area contributed by atoms with Gasteiger partial charge >= 0.3 is 0 Å². The number of hydrogen-bond acceptors (Lipinski definition) is 6. The molecule has 0 aliphatic carbocycles. The van der Waals surface area contributed by atoms with Gasteiger partial charge in [0.15, 0.2) is 5.69 Å². The second-order valence-electron chi connectivity index (χ2n) is 6.76. The Morgan fingerprint density at radius 1 is 1.24 bits per heavy atom. The molecule has 1 aliphatic heterocycles. The Kier molecular flexibility index (Phi) is 4.33. The quantitative estimate of drug-likeness (QED) is 0.742. The first-order chi connectivity index (χ1) is 12.2. The van der Waals surface area contributed by atoms with Gasteiger partial charge in [0.05, 0.1) is 0 Å². The molecule has 0 bridgehead atoms. The maximum absolute atomic E-state index is 5.41. The maximum Gasteiger partial charge on any atom is 0.278 e. The van der Waals surface area contributed by atoms with Gasteiger partial charge in [-0.2, -0.15) is 10.1 Å². The van der Waals surface area contributed by atoms with Crippen LogP contribution in [0.1, 0.15) is 23.6 Å². The van der Waals surface area contributed by atoms with Crippen LogP contribution in [0.3, 0.4) is 0 Å². The predicted molar refractivity (Wildman–Crippen MR) is 94.9 cm³/mol. The number of nitrogens with one attached hydrogen (secondary N) is 2. The van der Waals surface area contributed by atoms with E-state index < -0.39 is 0 Å². The largest absolute Gasteiger partial charge is 0.332 e. The van der Waals surface area contributed by atoms with Crippen molar-refractivity contribution in [1.29, 1.82) is 0 Å². The molecule has 0 saturated carbocycles. The third-order valence-corrected chi connectivity index (χ3v) is 4.45. The predicted octanol–water partition coefficient (Wildman–Crippen LogP) is 2.27. The normalized spacial score (nSPS) is 17.5. The van der Waals surface area contributed by atoms with Gasteiger partial charge in [-0.25, -0.2) is 0 Å². The lowest BCUT2D eigenvalue weighted by Crippen LogP contribution is -2.10. The monoisotopic (exact) mass is 338 g/mol. The van der Waals surface area contributed by atoms with Crippen LogP contribution in [0.25, 0.3) is 23.0 Å². The summed E-state index contributed by atoms with van der Waals surface area (Å²) in [7, 11) is 4.11. The highest BCUT2D eigenvalue weighted by Crippen LogP contribution is 2.26. The Hall–Kier alpha value is -2.51. The van der Waals surface area contributed by atoms with Crippen molar-refractivity contribution in [1.82, 2.24) is 30.6 Å². The summed E-state index contributed by atoms with van der Waals surface area (Å²) >= 11 is 0. The zero-order valence-corrected chi connectivity index (χ0v) is 14.5. The van der Waals surface area contributed by atoms with Gasteiger partial charge in [0, 0.05) is 30.3 Å². The minimum Gasteiger partial charge on any atom is -0.332 e. The van der Waals surface area contributed by atoms with Crippen LogP contribution < -0.4 is 5.32 Å². The Morgan fingerprint density at radius 2 is 2.08 bits per heavy atom. The van der Waals surface area contributed by atoms with Crippen molar-refractivity contribution in [3.8, 4) is 23.0 Å². The summed E-state index contributed by atoms with van der Waals surface area (Å²) in [5.74, 6) is 1.51. The second-order valence-corrected chi connectivity index (χ2v) is 6.76. The average molecular weight is 338 g/mol. The van der Waals surface area contributed by atoms with Gasteiger partial charge in [0.1, 0.15) is 0 Å². The molecular weight excluding hydrogens is 316 g/mol.